The van der Waals surface area contributed by atoms with Gasteiger partial charge in [-0.3, -0.25) is 19.1 Å². The number of carbonyl (C=O) groups excluding carboxylic acids is 1. The predicted molar refractivity (Wildman–Crippen MR) is 107 cm³/mol. The molecule has 28 heavy (non-hydrogen) atoms. The number of aromatic nitrogens is 3. The molecule has 2 N–H and O–H groups in total. The fraction of sp³-hybridized carbons (Fsp3) is 0.579. The molecule has 4 rings (SSSR count). The molecule has 3 heterocycles. The summed E-state index contributed by atoms with van der Waals surface area (Å²) in [5.74, 6) is 1.99. The second-order valence-corrected chi connectivity index (χ2v) is 7.37. The molecule has 1 aliphatic heterocycles. The van der Waals surface area contributed by atoms with Crippen LogP contribution in [0.5, 0.6) is 0 Å². The van der Waals surface area contributed by atoms with Crippen molar-refractivity contribution in [2.45, 2.75) is 25.3 Å². The average molecular weight is 384 g/mol. The minimum atomic E-state index is 0.152. The van der Waals surface area contributed by atoms with Gasteiger partial charge in [0.25, 0.3) is 0 Å². The molecule has 2 aliphatic rings. The van der Waals surface area contributed by atoms with Gasteiger partial charge in [-0.2, -0.15) is 0 Å². The normalized spacial score (nSPS) is 18.5. The highest BCUT2D eigenvalue weighted by atomic mass is 16.2. The summed E-state index contributed by atoms with van der Waals surface area (Å²) in [4.78, 5) is 20.8. The maximum Gasteiger partial charge on any atom is 0.234 e. The quantitative estimate of drug-likeness (QED) is 0.527. The summed E-state index contributed by atoms with van der Waals surface area (Å²) in [7, 11) is 1.81. The number of nitrogens with one attached hydrogen (secondary N) is 2. The van der Waals surface area contributed by atoms with E-state index in [2.05, 4.69) is 35.6 Å². The van der Waals surface area contributed by atoms with Crippen LogP contribution in [0.1, 0.15) is 18.7 Å². The van der Waals surface area contributed by atoms with E-state index >= 15 is 0 Å². The summed E-state index contributed by atoms with van der Waals surface area (Å²) in [6.45, 7) is 4.71. The van der Waals surface area contributed by atoms with E-state index in [4.69, 9.17) is 0 Å². The Morgan fingerprint density at radius 2 is 2.04 bits per heavy atom. The van der Waals surface area contributed by atoms with E-state index in [0.717, 1.165) is 69.4 Å². The van der Waals surface area contributed by atoms with Crippen LogP contribution in [-0.4, -0.2) is 88.6 Å². The van der Waals surface area contributed by atoms with Crippen LogP contribution in [0, 0.1) is 0 Å². The van der Waals surface area contributed by atoms with Gasteiger partial charge in [0.15, 0.2) is 11.6 Å². The van der Waals surface area contributed by atoms with E-state index < -0.39 is 0 Å². The smallest absolute Gasteiger partial charge is 0.234 e. The Hall–Kier alpha value is -2.68. The summed E-state index contributed by atoms with van der Waals surface area (Å²) >= 11 is 0. The fourth-order valence-electron chi connectivity index (χ4n) is 3.50. The van der Waals surface area contributed by atoms with Crippen LogP contribution in [0.25, 0.3) is 5.65 Å². The number of fused-ring (bicyclic) bond motifs is 1. The Labute approximate surface area is 164 Å². The monoisotopic (exact) mass is 384 g/mol. The number of nitrogens with zero attached hydrogens (tertiary/aromatic N) is 6. The number of rotatable bonds is 6. The third kappa shape index (κ3) is 4.59. The van der Waals surface area contributed by atoms with E-state index in [9.17, 15) is 4.79 Å². The fourth-order valence-corrected chi connectivity index (χ4v) is 3.50. The lowest BCUT2D eigenvalue weighted by molar-refractivity contribution is -0.122. The van der Waals surface area contributed by atoms with Gasteiger partial charge in [-0.15, -0.1) is 10.2 Å². The van der Waals surface area contributed by atoms with Gasteiger partial charge in [-0.1, -0.05) is 6.07 Å². The van der Waals surface area contributed by atoms with Crippen LogP contribution in [0.4, 0.5) is 0 Å². The summed E-state index contributed by atoms with van der Waals surface area (Å²) in [6.07, 6.45) is 5.02. The van der Waals surface area contributed by atoms with Crippen molar-refractivity contribution in [1.29, 1.82) is 0 Å². The average Bonchev–Trinajstić information content (AvgIpc) is 3.43. The predicted octanol–water partition coefficient (Wildman–Crippen LogP) is -0.257. The first-order valence-corrected chi connectivity index (χ1v) is 9.99. The first kappa shape index (κ1) is 18.7. The van der Waals surface area contributed by atoms with Gasteiger partial charge < -0.3 is 15.5 Å². The SMILES string of the molecule is CN=C(NCCc1nnc2ccccn12)N1CCN(CC(=O)NC2CC2)CC1. The van der Waals surface area contributed by atoms with Crippen molar-refractivity contribution in [3.8, 4) is 0 Å². The highest BCUT2D eigenvalue weighted by molar-refractivity contribution is 5.80. The lowest BCUT2D eigenvalue weighted by Crippen LogP contribution is -2.54. The molecule has 0 atom stereocenters. The van der Waals surface area contributed by atoms with Crippen molar-refractivity contribution < 1.29 is 4.79 Å². The van der Waals surface area contributed by atoms with Crippen molar-refractivity contribution in [1.82, 2.24) is 35.0 Å². The molecule has 0 spiro atoms. The van der Waals surface area contributed by atoms with Gasteiger partial charge in [-0.05, 0) is 25.0 Å². The van der Waals surface area contributed by atoms with E-state index in [-0.39, 0.29) is 5.91 Å². The molecule has 1 saturated carbocycles. The molecule has 0 unspecified atom stereocenters. The topological polar surface area (TPSA) is 90.2 Å². The zero-order valence-electron chi connectivity index (χ0n) is 16.3. The van der Waals surface area contributed by atoms with Crippen molar-refractivity contribution in [2.24, 2.45) is 4.99 Å². The Morgan fingerprint density at radius 1 is 1.21 bits per heavy atom. The molecule has 2 fully saturated rings. The molecule has 2 aromatic heterocycles. The standard InChI is InChI=1S/C19H28N8O/c1-20-19(21-8-7-17-24-23-16-4-2-3-9-27(16)17)26-12-10-25(11-13-26)14-18(28)22-15-5-6-15/h2-4,9,15H,5-8,10-14H2,1H3,(H,20,21)(H,22,28). The number of guanidine groups is 1. The van der Waals surface area contributed by atoms with Crippen LogP contribution in [0.3, 0.4) is 0 Å². The van der Waals surface area contributed by atoms with Crippen LogP contribution >= 0.6 is 0 Å². The number of carbonyl (C=O) groups is 1. The molecule has 1 saturated heterocycles. The van der Waals surface area contributed by atoms with Crippen molar-refractivity contribution in [2.75, 3.05) is 46.3 Å². The Bertz CT molecular complexity index is 835. The van der Waals surface area contributed by atoms with Crippen molar-refractivity contribution in [3.63, 3.8) is 0 Å². The van der Waals surface area contributed by atoms with Crippen LogP contribution in [0.15, 0.2) is 29.4 Å². The zero-order valence-corrected chi connectivity index (χ0v) is 16.3. The third-order valence-corrected chi connectivity index (χ3v) is 5.21. The molecule has 2 aromatic rings. The zero-order chi connectivity index (χ0) is 19.3. The molecule has 1 aliphatic carbocycles. The van der Waals surface area contributed by atoms with Gasteiger partial charge in [0.1, 0.15) is 5.82 Å². The van der Waals surface area contributed by atoms with Gasteiger partial charge in [-0.25, -0.2) is 0 Å². The number of aliphatic imine (C=N–C) groups is 1. The molecular formula is C19H28N8O. The van der Waals surface area contributed by atoms with E-state index in [1.54, 1.807) is 0 Å². The van der Waals surface area contributed by atoms with E-state index in [1.165, 1.54) is 0 Å². The van der Waals surface area contributed by atoms with Gasteiger partial charge >= 0.3 is 0 Å². The Kier molecular flexibility index (Phi) is 5.70. The highest BCUT2D eigenvalue weighted by Gasteiger charge is 2.25. The summed E-state index contributed by atoms with van der Waals surface area (Å²) < 4.78 is 2.01. The Balaban J connectivity index is 1.22. The van der Waals surface area contributed by atoms with Gasteiger partial charge in [0.2, 0.25) is 5.91 Å². The molecule has 9 nitrogen and oxygen atoms in total. The van der Waals surface area contributed by atoms with E-state index in [0.29, 0.717) is 12.6 Å². The Morgan fingerprint density at radius 3 is 2.79 bits per heavy atom. The molecule has 0 aromatic carbocycles. The lowest BCUT2D eigenvalue weighted by Gasteiger charge is -2.36. The number of hydrogen-bond donors (Lipinski definition) is 2. The highest BCUT2D eigenvalue weighted by Crippen LogP contribution is 2.18. The molecule has 1 amide bonds. The molecule has 9 heteroatoms. The number of pyridine rings is 1. The second-order valence-electron chi connectivity index (χ2n) is 7.37. The number of hydrogen-bond acceptors (Lipinski definition) is 5. The molecule has 150 valence electrons. The van der Waals surface area contributed by atoms with Crippen LogP contribution in [0.2, 0.25) is 0 Å². The van der Waals surface area contributed by atoms with Crippen molar-refractivity contribution in [3.05, 3.63) is 30.2 Å². The second kappa shape index (κ2) is 8.55. The van der Waals surface area contributed by atoms with Crippen molar-refractivity contribution >= 4 is 17.5 Å². The van der Waals surface area contributed by atoms with Gasteiger partial charge in [0.05, 0.1) is 6.54 Å². The number of piperazine rings is 1. The first-order valence-electron chi connectivity index (χ1n) is 9.99. The van der Waals surface area contributed by atoms with Crippen LogP contribution < -0.4 is 10.6 Å². The maximum atomic E-state index is 12.0. The summed E-state index contributed by atoms with van der Waals surface area (Å²) in [5, 5.41) is 14.9. The minimum absolute atomic E-state index is 0.152. The van der Waals surface area contributed by atoms with Crippen LogP contribution in [-0.2, 0) is 11.2 Å². The first-order chi connectivity index (χ1) is 13.7. The largest absolute Gasteiger partial charge is 0.356 e. The summed E-state index contributed by atoms with van der Waals surface area (Å²) in [6, 6.07) is 6.33. The number of amides is 1. The molecule has 0 bridgehead atoms. The lowest BCUT2D eigenvalue weighted by atomic mass is 10.3. The minimum Gasteiger partial charge on any atom is -0.356 e. The summed E-state index contributed by atoms with van der Waals surface area (Å²) in [5.41, 5.74) is 0.865. The maximum absolute atomic E-state index is 12.0. The molecule has 0 radical (unpaired) electrons. The third-order valence-electron chi connectivity index (χ3n) is 5.21. The van der Waals surface area contributed by atoms with E-state index in [1.807, 2.05) is 35.8 Å². The molecular weight excluding hydrogens is 356 g/mol. The van der Waals surface area contributed by atoms with Gasteiger partial charge in [0, 0.05) is 58.4 Å².